The number of nitrogens with zero attached hydrogens (tertiary/aromatic N) is 1. The van der Waals surface area contributed by atoms with Gasteiger partial charge in [0.05, 0.1) is 5.52 Å². The molecule has 2 heterocycles. The Morgan fingerprint density at radius 1 is 1.14 bits per heavy atom. The Morgan fingerprint density at radius 2 is 1.93 bits per heavy atom. The molecule has 6 nitrogen and oxygen atoms in total. The number of cyclic esters (lactones) is 1. The number of hydrogen-bond acceptors (Lipinski definition) is 4. The molecule has 1 aromatic heterocycles. The number of carboxylic acid groups (broad SMARTS) is 1. The van der Waals surface area contributed by atoms with E-state index in [1.54, 1.807) is 13.1 Å². The molecule has 0 spiro atoms. The van der Waals surface area contributed by atoms with Gasteiger partial charge in [-0.2, -0.15) is 0 Å². The molecule has 1 unspecified atom stereocenters. The van der Waals surface area contributed by atoms with Crippen molar-refractivity contribution in [3.8, 4) is 11.1 Å². The Balaban J connectivity index is 1.67. The molecule has 0 saturated carbocycles. The highest BCUT2D eigenvalue weighted by Crippen LogP contribution is 2.27. The molecule has 3 aromatic rings. The molecule has 1 aliphatic heterocycles. The summed E-state index contributed by atoms with van der Waals surface area (Å²) in [5.74, 6) is -1.63. The standard InChI is InChI=1S/C22H17NO5/c1-14-11-20(28-22(14)26)27-13-19(21(24)25)23-10-9-17-12-16(7-8-18(17)23)15-5-3-2-4-6-15/h2-13,20H,1H3,(H,24,25)/b19-13-. The number of fused-ring (bicyclic) bond motifs is 1. The van der Waals surface area contributed by atoms with Gasteiger partial charge in [-0.25, -0.2) is 9.59 Å². The highest BCUT2D eigenvalue weighted by molar-refractivity contribution is 6.10. The monoisotopic (exact) mass is 375 g/mol. The number of aromatic nitrogens is 1. The summed E-state index contributed by atoms with van der Waals surface area (Å²) in [6.45, 7) is 1.61. The fourth-order valence-electron chi connectivity index (χ4n) is 3.08. The van der Waals surface area contributed by atoms with Crippen molar-refractivity contribution >= 4 is 28.5 Å². The number of benzene rings is 2. The van der Waals surface area contributed by atoms with Crippen LogP contribution in [0.5, 0.6) is 0 Å². The van der Waals surface area contributed by atoms with Crippen LogP contribution in [0.4, 0.5) is 0 Å². The van der Waals surface area contributed by atoms with Crippen LogP contribution in [0.15, 0.2) is 78.7 Å². The van der Waals surface area contributed by atoms with Crippen molar-refractivity contribution in [3.05, 3.63) is 78.7 Å². The number of hydrogen-bond donors (Lipinski definition) is 1. The van der Waals surface area contributed by atoms with E-state index >= 15 is 0 Å². The molecule has 28 heavy (non-hydrogen) atoms. The number of aliphatic carboxylic acids is 1. The second kappa shape index (κ2) is 7.08. The summed E-state index contributed by atoms with van der Waals surface area (Å²) < 4.78 is 11.9. The van der Waals surface area contributed by atoms with Crippen LogP contribution in [0.2, 0.25) is 0 Å². The molecule has 0 fully saturated rings. The minimum absolute atomic E-state index is 0.0866. The first kappa shape index (κ1) is 17.6. The quantitative estimate of drug-likeness (QED) is 0.414. The van der Waals surface area contributed by atoms with Crippen molar-refractivity contribution in [1.82, 2.24) is 4.57 Å². The Bertz CT molecular complexity index is 1120. The lowest BCUT2D eigenvalue weighted by atomic mass is 10.0. The number of esters is 1. The van der Waals surface area contributed by atoms with E-state index in [4.69, 9.17) is 9.47 Å². The zero-order valence-corrected chi connectivity index (χ0v) is 15.0. The van der Waals surface area contributed by atoms with E-state index in [0.717, 1.165) is 28.3 Å². The van der Waals surface area contributed by atoms with Gasteiger partial charge in [0, 0.05) is 23.2 Å². The maximum atomic E-state index is 11.8. The Hall–Kier alpha value is -3.80. The average molecular weight is 375 g/mol. The molecule has 1 atom stereocenters. The SMILES string of the molecule is CC1=CC(O/C=C(/C(=O)O)n2ccc3cc(-c4ccccc4)ccc32)OC1=O. The Labute approximate surface area is 160 Å². The summed E-state index contributed by atoms with van der Waals surface area (Å²) in [6.07, 6.45) is 3.34. The first-order valence-corrected chi connectivity index (χ1v) is 8.68. The molecule has 1 N–H and O–H groups in total. The minimum Gasteiger partial charge on any atom is -0.476 e. The van der Waals surface area contributed by atoms with E-state index < -0.39 is 18.2 Å². The predicted molar refractivity (Wildman–Crippen MR) is 104 cm³/mol. The molecule has 140 valence electrons. The highest BCUT2D eigenvalue weighted by atomic mass is 16.7. The van der Waals surface area contributed by atoms with E-state index in [-0.39, 0.29) is 5.70 Å². The molecule has 0 bridgehead atoms. The second-order valence-corrected chi connectivity index (χ2v) is 6.39. The third-order valence-corrected chi connectivity index (χ3v) is 4.52. The van der Waals surface area contributed by atoms with Gasteiger partial charge in [0.1, 0.15) is 6.26 Å². The summed E-state index contributed by atoms with van der Waals surface area (Å²) in [6, 6.07) is 17.6. The van der Waals surface area contributed by atoms with Crippen molar-refractivity contribution in [2.75, 3.05) is 0 Å². The average Bonchev–Trinajstić information content (AvgIpc) is 3.25. The Kier molecular flexibility index (Phi) is 4.45. The smallest absolute Gasteiger partial charge is 0.356 e. The molecule has 2 aromatic carbocycles. The number of rotatable bonds is 5. The highest BCUT2D eigenvalue weighted by Gasteiger charge is 2.23. The molecule has 0 aliphatic carbocycles. The third-order valence-electron chi connectivity index (χ3n) is 4.52. The van der Waals surface area contributed by atoms with Crippen molar-refractivity contribution < 1.29 is 24.2 Å². The largest absolute Gasteiger partial charge is 0.476 e. The first-order chi connectivity index (χ1) is 13.5. The molecule has 6 heteroatoms. The topological polar surface area (TPSA) is 77.8 Å². The van der Waals surface area contributed by atoms with Crippen LogP contribution in [0.3, 0.4) is 0 Å². The van der Waals surface area contributed by atoms with Crippen LogP contribution >= 0.6 is 0 Å². The predicted octanol–water partition coefficient (Wildman–Crippen LogP) is 4.04. The maximum Gasteiger partial charge on any atom is 0.356 e. The maximum absolute atomic E-state index is 11.8. The van der Waals surface area contributed by atoms with Gasteiger partial charge >= 0.3 is 11.9 Å². The molecule has 4 rings (SSSR count). The summed E-state index contributed by atoms with van der Waals surface area (Å²) in [5.41, 5.74) is 3.19. The summed E-state index contributed by atoms with van der Waals surface area (Å²) in [5, 5.41) is 10.5. The van der Waals surface area contributed by atoms with Gasteiger partial charge in [0.25, 0.3) is 6.29 Å². The van der Waals surface area contributed by atoms with Crippen LogP contribution in [-0.4, -0.2) is 27.9 Å². The van der Waals surface area contributed by atoms with Crippen LogP contribution in [-0.2, 0) is 19.1 Å². The van der Waals surface area contributed by atoms with E-state index in [2.05, 4.69) is 0 Å². The van der Waals surface area contributed by atoms with Gasteiger partial charge in [-0.05, 0) is 36.2 Å². The normalized spacial score (nSPS) is 16.8. The van der Waals surface area contributed by atoms with Crippen molar-refractivity contribution in [2.24, 2.45) is 0 Å². The van der Waals surface area contributed by atoms with Gasteiger partial charge < -0.3 is 19.1 Å². The van der Waals surface area contributed by atoms with E-state index in [0.29, 0.717) is 5.57 Å². The second-order valence-electron chi connectivity index (χ2n) is 6.39. The molecular weight excluding hydrogens is 358 g/mol. The molecular formula is C22H17NO5. The van der Waals surface area contributed by atoms with Crippen molar-refractivity contribution in [1.29, 1.82) is 0 Å². The van der Waals surface area contributed by atoms with Gasteiger partial charge in [-0.15, -0.1) is 0 Å². The number of ether oxygens (including phenoxy) is 2. The van der Waals surface area contributed by atoms with Crippen LogP contribution < -0.4 is 0 Å². The van der Waals surface area contributed by atoms with E-state index in [1.807, 2.05) is 54.6 Å². The summed E-state index contributed by atoms with van der Waals surface area (Å²) in [4.78, 5) is 23.2. The fraction of sp³-hybridized carbons (Fsp3) is 0.0909. The van der Waals surface area contributed by atoms with Crippen LogP contribution in [0.25, 0.3) is 27.7 Å². The van der Waals surface area contributed by atoms with Gasteiger partial charge in [-0.1, -0.05) is 36.4 Å². The van der Waals surface area contributed by atoms with Crippen molar-refractivity contribution in [3.63, 3.8) is 0 Å². The molecule has 0 amide bonds. The lowest BCUT2D eigenvalue weighted by Gasteiger charge is -2.11. The van der Waals surface area contributed by atoms with Gasteiger partial charge in [0.2, 0.25) is 0 Å². The molecule has 0 radical (unpaired) electrons. The van der Waals surface area contributed by atoms with Gasteiger partial charge in [0.15, 0.2) is 5.70 Å². The number of carboxylic acids is 1. The van der Waals surface area contributed by atoms with E-state index in [1.165, 1.54) is 10.6 Å². The van der Waals surface area contributed by atoms with E-state index in [9.17, 15) is 14.7 Å². The van der Waals surface area contributed by atoms with Crippen LogP contribution in [0.1, 0.15) is 6.92 Å². The van der Waals surface area contributed by atoms with Crippen LogP contribution in [0, 0.1) is 0 Å². The van der Waals surface area contributed by atoms with Crippen molar-refractivity contribution in [2.45, 2.75) is 13.2 Å². The molecule has 1 aliphatic rings. The Morgan fingerprint density at radius 3 is 2.61 bits per heavy atom. The zero-order valence-electron chi connectivity index (χ0n) is 15.0. The minimum atomic E-state index is -1.16. The zero-order chi connectivity index (χ0) is 19.7. The number of carbonyl (C=O) groups is 2. The third kappa shape index (κ3) is 3.27. The molecule has 0 saturated heterocycles. The lowest BCUT2D eigenvalue weighted by Crippen LogP contribution is -2.12. The first-order valence-electron chi connectivity index (χ1n) is 8.68. The van der Waals surface area contributed by atoms with Gasteiger partial charge in [-0.3, -0.25) is 0 Å². The lowest BCUT2D eigenvalue weighted by molar-refractivity contribution is -0.152. The number of carbonyl (C=O) groups excluding carboxylic acids is 1. The fourth-order valence-corrected chi connectivity index (χ4v) is 3.08. The summed E-state index contributed by atoms with van der Waals surface area (Å²) >= 11 is 0. The summed E-state index contributed by atoms with van der Waals surface area (Å²) in [7, 11) is 0.